The summed E-state index contributed by atoms with van der Waals surface area (Å²) in [6.07, 6.45) is 0.672. The monoisotopic (exact) mass is 293 g/mol. The minimum absolute atomic E-state index is 0.123. The Kier molecular flexibility index (Phi) is 6.21. The fourth-order valence-electron chi connectivity index (χ4n) is 2.36. The highest BCUT2D eigenvalue weighted by molar-refractivity contribution is 5.97. The average molecular weight is 293 g/mol. The summed E-state index contributed by atoms with van der Waals surface area (Å²) in [4.78, 5) is 12.5. The molecule has 0 aliphatic heterocycles. The molecular weight excluding hydrogens is 266 g/mol. The molecule has 0 radical (unpaired) electrons. The van der Waals surface area contributed by atoms with Crippen LogP contribution in [-0.2, 0) is 9.53 Å². The highest BCUT2D eigenvalue weighted by atomic mass is 16.5. The second kappa shape index (κ2) is 7.46. The zero-order valence-electron chi connectivity index (χ0n) is 13.9. The van der Waals surface area contributed by atoms with Gasteiger partial charge in [-0.3, -0.25) is 4.79 Å². The Morgan fingerprint density at radius 3 is 2.52 bits per heavy atom. The van der Waals surface area contributed by atoms with Crippen LogP contribution in [-0.4, -0.2) is 25.2 Å². The zero-order valence-corrected chi connectivity index (χ0v) is 13.9. The number of nitrogens with one attached hydrogen (secondary N) is 1. The average Bonchev–Trinajstić information content (AvgIpc) is 2.41. The Morgan fingerprint density at radius 1 is 1.38 bits per heavy atom. The molecule has 1 aromatic carbocycles. The smallest absolute Gasteiger partial charge is 0.256 e. The van der Waals surface area contributed by atoms with Gasteiger partial charge in [-0.1, -0.05) is 13.8 Å². The summed E-state index contributed by atoms with van der Waals surface area (Å²) < 4.78 is 10.9. The van der Waals surface area contributed by atoms with Gasteiger partial charge in [-0.25, -0.2) is 0 Å². The third kappa shape index (κ3) is 4.74. The summed E-state index contributed by atoms with van der Waals surface area (Å²) in [5.74, 6) is 1.09. The van der Waals surface area contributed by atoms with Gasteiger partial charge in [-0.15, -0.1) is 0 Å². The first-order valence-corrected chi connectivity index (χ1v) is 7.42. The van der Waals surface area contributed by atoms with Crippen LogP contribution in [0.15, 0.2) is 18.2 Å². The highest BCUT2D eigenvalue weighted by Gasteiger charge is 2.33. The second-order valence-electron chi connectivity index (χ2n) is 5.90. The van der Waals surface area contributed by atoms with Crippen molar-refractivity contribution < 1.29 is 14.3 Å². The highest BCUT2D eigenvalue weighted by Crippen LogP contribution is 2.25. The molecule has 0 bridgehead atoms. The van der Waals surface area contributed by atoms with E-state index in [2.05, 4.69) is 19.2 Å². The number of carbonyl (C=O) groups excluding carboxylic acids is 1. The Balaban J connectivity index is 2.84. The fraction of sp³-hybridized carbons (Fsp3) is 0.588. The summed E-state index contributed by atoms with van der Waals surface area (Å²) in [7, 11) is 1.57. The van der Waals surface area contributed by atoms with Gasteiger partial charge in [-0.05, 0) is 56.9 Å². The summed E-state index contributed by atoms with van der Waals surface area (Å²) in [6.45, 7) is 10.5. The van der Waals surface area contributed by atoms with Gasteiger partial charge in [0.15, 0.2) is 0 Å². The maximum Gasteiger partial charge on any atom is 0.256 e. The molecule has 0 aliphatic rings. The fourth-order valence-corrected chi connectivity index (χ4v) is 2.36. The Bertz CT molecular complexity index is 485. The summed E-state index contributed by atoms with van der Waals surface area (Å²) in [5, 5.41) is 2.93. The molecular formula is C17H27NO3. The number of hydrogen-bond acceptors (Lipinski definition) is 3. The molecule has 0 aliphatic carbocycles. The lowest BCUT2D eigenvalue weighted by Crippen LogP contribution is -2.43. The number of aryl methyl sites for hydroxylation is 1. The molecule has 0 heterocycles. The molecule has 4 heteroatoms. The largest absolute Gasteiger partial charge is 0.494 e. The van der Waals surface area contributed by atoms with E-state index in [9.17, 15) is 4.79 Å². The van der Waals surface area contributed by atoms with Crippen LogP contribution < -0.4 is 10.1 Å². The second-order valence-corrected chi connectivity index (χ2v) is 5.90. The van der Waals surface area contributed by atoms with E-state index in [0.29, 0.717) is 18.9 Å². The van der Waals surface area contributed by atoms with Crippen molar-refractivity contribution in [2.24, 2.45) is 5.92 Å². The molecule has 0 saturated heterocycles. The van der Waals surface area contributed by atoms with Crippen molar-refractivity contribution in [3.05, 3.63) is 23.8 Å². The summed E-state index contributed by atoms with van der Waals surface area (Å²) >= 11 is 0. The van der Waals surface area contributed by atoms with Gasteiger partial charge in [0, 0.05) is 12.8 Å². The molecule has 0 fully saturated rings. The first kappa shape index (κ1) is 17.5. The lowest BCUT2D eigenvalue weighted by atomic mass is 9.93. The van der Waals surface area contributed by atoms with Gasteiger partial charge in [0.25, 0.3) is 5.91 Å². The molecule has 1 rings (SSSR count). The summed E-state index contributed by atoms with van der Waals surface area (Å²) in [5.41, 5.74) is 0.936. The molecule has 1 aromatic rings. The maximum absolute atomic E-state index is 12.5. The number of amides is 1. The van der Waals surface area contributed by atoms with Crippen molar-refractivity contribution in [1.29, 1.82) is 0 Å². The minimum Gasteiger partial charge on any atom is -0.494 e. The first-order chi connectivity index (χ1) is 9.82. The van der Waals surface area contributed by atoms with Crippen LogP contribution in [0.5, 0.6) is 5.75 Å². The standard InChI is InChI=1S/C17H27NO3/c1-7-21-15-9-8-14(10-13(15)4)18-16(19)17(5,20-6)11-12(2)3/h8-10,12H,7,11H2,1-6H3,(H,18,19)/t17-/m1/s1. The number of benzene rings is 1. The van der Waals surface area contributed by atoms with Crippen LogP contribution in [0.3, 0.4) is 0 Å². The lowest BCUT2D eigenvalue weighted by molar-refractivity contribution is -0.137. The molecule has 1 N–H and O–H groups in total. The van der Waals surface area contributed by atoms with Crippen molar-refractivity contribution >= 4 is 11.6 Å². The quantitative estimate of drug-likeness (QED) is 0.832. The maximum atomic E-state index is 12.5. The number of rotatable bonds is 7. The minimum atomic E-state index is -0.819. The first-order valence-electron chi connectivity index (χ1n) is 7.42. The van der Waals surface area contributed by atoms with Gasteiger partial charge in [-0.2, -0.15) is 0 Å². The number of hydrogen-bond donors (Lipinski definition) is 1. The van der Waals surface area contributed by atoms with E-state index in [0.717, 1.165) is 17.0 Å². The van der Waals surface area contributed by atoms with Gasteiger partial charge in [0.05, 0.1) is 6.61 Å². The van der Waals surface area contributed by atoms with Crippen molar-refractivity contribution in [3.8, 4) is 5.75 Å². The third-order valence-electron chi connectivity index (χ3n) is 3.46. The van der Waals surface area contributed by atoms with E-state index >= 15 is 0 Å². The van der Waals surface area contributed by atoms with Gasteiger partial charge in [0.2, 0.25) is 0 Å². The Morgan fingerprint density at radius 2 is 2.05 bits per heavy atom. The van der Waals surface area contributed by atoms with Crippen LogP contribution in [0.4, 0.5) is 5.69 Å². The van der Waals surface area contributed by atoms with E-state index < -0.39 is 5.60 Å². The summed E-state index contributed by atoms with van der Waals surface area (Å²) in [6, 6.07) is 5.64. The number of methoxy groups -OCH3 is 1. The Labute approximate surface area is 127 Å². The number of ether oxygens (including phenoxy) is 2. The molecule has 0 unspecified atom stereocenters. The third-order valence-corrected chi connectivity index (χ3v) is 3.46. The van der Waals surface area contributed by atoms with Crippen molar-refractivity contribution in [1.82, 2.24) is 0 Å². The van der Waals surface area contributed by atoms with Crippen molar-refractivity contribution in [3.63, 3.8) is 0 Å². The van der Waals surface area contributed by atoms with Crippen LogP contribution in [0, 0.1) is 12.8 Å². The van der Waals surface area contributed by atoms with E-state index in [4.69, 9.17) is 9.47 Å². The molecule has 21 heavy (non-hydrogen) atoms. The zero-order chi connectivity index (χ0) is 16.0. The topological polar surface area (TPSA) is 47.6 Å². The van der Waals surface area contributed by atoms with E-state index in [1.54, 1.807) is 7.11 Å². The molecule has 0 saturated carbocycles. The number of carbonyl (C=O) groups is 1. The van der Waals surface area contributed by atoms with Crippen molar-refractivity contribution in [2.45, 2.75) is 46.6 Å². The van der Waals surface area contributed by atoms with Crippen LogP contribution in [0.2, 0.25) is 0 Å². The molecule has 1 atom stereocenters. The molecule has 0 aromatic heterocycles. The van der Waals surface area contributed by atoms with Crippen LogP contribution in [0.1, 0.15) is 39.7 Å². The molecule has 1 amide bonds. The van der Waals surface area contributed by atoms with E-state index in [-0.39, 0.29) is 5.91 Å². The molecule has 118 valence electrons. The van der Waals surface area contributed by atoms with Crippen LogP contribution in [0.25, 0.3) is 0 Å². The lowest BCUT2D eigenvalue weighted by Gasteiger charge is -2.28. The van der Waals surface area contributed by atoms with Crippen molar-refractivity contribution in [2.75, 3.05) is 19.0 Å². The molecule has 4 nitrogen and oxygen atoms in total. The number of anilines is 1. The Hall–Kier alpha value is -1.55. The van der Waals surface area contributed by atoms with Gasteiger partial charge in [0.1, 0.15) is 11.4 Å². The van der Waals surface area contributed by atoms with Gasteiger partial charge >= 0.3 is 0 Å². The molecule has 0 spiro atoms. The van der Waals surface area contributed by atoms with E-state index in [1.807, 2.05) is 39.0 Å². The van der Waals surface area contributed by atoms with Crippen LogP contribution >= 0.6 is 0 Å². The van der Waals surface area contributed by atoms with Gasteiger partial charge < -0.3 is 14.8 Å². The predicted octanol–water partition coefficient (Wildman–Crippen LogP) is 3.78. The predicted molar refractivity (Wildman–Crippen MR) is 85.8 cm³/mol. The normalized spacial score (nSPS) is 13.9. The SMILES string of the molecule is CCOc1ccc(NC(=O)[C@@](C)(CC(C)C)OC)cc1C. The van der Waals surface area contributed by atoms with E-state index in [1.165, 1.54) is 0 Å².